The molecule has 12 aromatic rings. The summed E-state index contributed by atoms with van der Waals surface area (Å²) in [6.45, 7) is 0. The minimum absolute atomic E-state index is 0.00454. The van der Waals surface area contributed by atoms with E-state index in [4.69, 9.17) is 0 Å². The minimum Gasteiger partial charge on any atom is -0.307 e. The molecule has 0 atom stereocenters. The van der Waals surface area contributed by atoms with Crippen LogP contribution in [0.15, 0.2) is 176 Å². The Hall–Kier alpha value is -13.2. The number of benzene rings is 10. The molecule has 0 aliphatic rings. The molecule has 0 N–H and O–H groups in total. The predicted molar refractivity (Wildman–Crippen MR) is 315 cm³/mol. The summed E-state index contributed by atoms with van der Waals surface area (Å²) in [5.41, 5.74) is -0.744. The van der Waals surface area contributed by atoms with Crippen LogP contribution in [0.4, 0.5) is 26.3 Å². The average molecular weight is 1150 g/mol. The number of aromatic nitrogens is 2. The quantitative estimate of drug-likeness (QED) is 0.138. The van der Waals surface area contributed by atoms with Crippen LogP contribution < -0.4 is 0 Å². The van der Waals surface area contributed by atoms with E-state index in [9.17, 15) is 47.4 Å². The van der Waals surface area contributed by atoms with Crippen molar-refractivity contribution >= 4 is 43.6 Å². The van der Waals surface area contributed by atoms with Gasteiger partial charge >= 0.3 is 12.4 Å². The first kappa shape index (κ1) is 55.3. The van der Waals surface area contributed by atoms with E-state index in [1.165, 1.54) is 54.6 Å². The Morgan fingerprint density at radius 3 is 0.807 bits per heavy atom. The van der Waals surface area contributed by atoms with Gasteiger partial charge in [-0.15, -0.1) is 0 Å². The van der Waals surface area contributed by atoms with Crippen molar-refractivity contribution in [2.45, 2.75) is 12.4 Å². The third kappa shape index (κ3) is 9.12. The molecule has 11 nitrogen and oxygen atoms in total. The standard InChI is InChI=1S/C71H29F6N11/c72-70(73,74)61-2-1-3-62(71(75,76)77)69(61)60-29-68(88-65-26-45(54-14-6-41(32-80)22-49(54)36-84)10-18-58(65)59-19-11-46(27-66(59)88)55-15-7-42(33-81)23-50(55)37-85)67(28-51(60)38-86)87-63-24-43(52-12-4-39(30-78)20-47(52)34-82)8-16-56(63)57-17-9-44(25-64(57)87)53-13-5-40(31-79)21-48(53)35-83/h1-29H. The topological polar surface area (TPSA) is 224 Å². The van der Waals surface area contributed by atoms with Gasteiger partial charge in [0.05, 0.1) is 149 Å². The molecule has 0 unspecified atom stereocenters. The van der Waals surface area contributed by atoms with Crippen LogP contribution >= 0.6 is 0 Å². The first-order valence-corrected chi connectivity index (χ1v) is 26.3. The van der Waals surface area contributed by atoms with Crippen molar-refractivity contribution in [1.82, 2.24) is 9.13 Å². The molecule has 0 amide bonds. The van der Waals surface area contributed by atoms with Crippen LogP contribution in [0.1, 0.15) is 61.2 Å². The summed E-state index contributed by atoms with van der Waals surface area (Å²) in [5.74, 6) is 0. The number of nitriles is 9. The molecule has 0 aliphatic carbocycles. The summed E-state index contributed by atoms with van der Waals surface area (Å²) in [6.07, 6.45) is -10.8. The Bertz CT molecular complexity index is 5200. The van der Waals surface area contributed by atoms with Gasteiger partial charge in [-0.1, -0.05) is 78.9 Å². The van der Waals surface area contributed by atoms with Crippen molar-refractivity contribution in [3.8, 4) is 122 Å². The summed E-state index contributed by atoms with van der Waals surface area (Å²) in [6, 6.07) is 61.2. The van der Waals surface area contributed by atoms with Gasteiger partial charge in [-0.2, -0.15) is 73.7 Å². The average Bonchev–Trinajstić information content (AvgIpc) is 1.66. The van der Waals surface area contributed by atoms with Crippen molar-refractivity contribution in [1.29, 1.82) is 47.4 Å². The zero-order valence-electron chi connectivity index (χ0n) is 44.9. The fraction of sp³-hybridized carbons (Fsp3) is 0.0282. The van der Waals surface area contributed by atoms with Gasteiger partial charge in [-0.3, -0.25) is 0 Å². The molecule has 410 valence electrons. The lowest BCUT2D eigenvalue weighted by atomic mass is 9.89. The van der Waals surface area contributed by atoms with Crippen LogP contribution in [0.3, 0.4) is 0 Å². The number of hydrogen-bond acceptors (Lipinski definition) is 9. The minimum atomic E-state index is -5.42. The number of nitrogens with zero attached hydrogens (tertiary/aromatic N) is 11. The Balaban J connectivity index is 1.32. The largest absolute Gasteiger partial charge is 0.417 e. The second kappa shape index (κ2) is 21.2. The second-order valence-corrected chi connectivity index (χ2v) is 20.3. The summed E-state index contributed by atoms with van der Waals surface area (Å²) >= 11 is 0. The van der Waals surface area contributed by atoms with E-state index in [1.807, 2.05) is 30.3 Å². The van der Waals surface area contributed by atoms with Crippen LogP contribution in [-0.2, 0) is 12.4 Å². The molecule has 0 radical (unpaired) electrons. The van der Waals surface area contributed by atoms with Crippen molar-refractivity contribution in [3.63, 3.8) is 0 Å². The highest BCUT2D eigenvalue weighted by molar-refractivity contribution is 6.14. The molecule has 2 aromatic heterocycles. The van der Waals surface area contributed by atoms with Gasteiger partial charge < -0.3 is 9.13 Å². The van der Waals surface area contributed by atoms with Gasteiger partial charge in [0.2, 0.25) is 0 Å². The lowest BCUT2D eigenvalue weighted by molar-refractivity contribution is -0.142. The van der Waals surface area contributed by atoms with E-state index >= 15 is 26.3 Å². The van der Waals surface area contributed by atoms with Gasteiger partial charge in [0.15, 0.2) is 0 Å². The van der Waals surface area contributed by atoms with Gasteiger partial charge in [-0.25, -0.2) is 0 Å². The Labute approximate surface area is 495 Å². The van der Waals surface area contributed by atoms with Crippen LogP contribution in [0, 0.1) is 102 Å². The summed E-state index contributed by atoms with van der Waals surface area (Å²) in [4.78, 5) is 0. The second-order valence-electron chi connectivity index (χ2n) is 20.3. The molecule has 0 fully saturated rings. The van der Waals surface area contributed by atoms with Crippen LogP contribution in [0.5, 0.6) is 0 Å². The molecule has 2 heterocycles. The normalized spacial score (nSPS) is 11.2. The molecular formula is C71H29F6N11. The third-order valence-electron chi connectivity index (χ3n) is 15.5. The number of halogens is 6. The maximum atomic E-state index is 15.5. The molecule has 10 aromatic carbocycles. The van der Waals surface area contributed by atoms with E-state index in [0.717, 1.165) is 6.07 Å². The zero-order chi connectivity index (χ0) is 61.9. The summed E-state index contributed by atoms with van der Waals surface area (Å²) < 4.78 is 96.6. The molecule has 0 aliphatic heterocycles. The van der Waals surface area contributed by atoms with Gasteiger partial charge in [0, 0.05) is 32.7 Å². The Morgan fingerprint density at radius 2 is 0.545 bits per heavy atom. The van der Waals surface area contributed by atoms with Crippen LogP contribution in [-0.4, -0.2) is 9.13 Å². The van der Waals surface area contributed by atoms with E-state index in [1.54, 1.807) is 106 Å². The van der Waals surface area contributed by atoms with Crippen LogP contribution in [0.25, 0.3) is 111 Å². The third-order valence-corrected chi connectivity index (χ3v) is 15.5. The lowest BCUT2D eigenvalue weighted by Gasteiger charge is -2.23. The van der Waals surface area contributed by atoms with Gasteiger partial charge in [0.25, 0.3) is 0 Å². The van der Waals surface area contributed by atoms with Crippen molar-refractivity contribution in [2.24, 2.45) is 0 Å². The Kier molecular flexibility index (Phi) is 13.3. The molecule has 0 spiro atoms. The molecule has 12 rings (SSSR count). The zero-order valence-corrected chi connectivity index (χ0v) is 44.9. The highest BCUT2D eigenvalue weighted by Crippen LogP contribution is 2.49. The fourth-order valence-electron chi connectivity index (χ4n) is 11.6. The van der Waals surface area contributed by atoms with E-state index < -0.39 is 40.2 Å². The first-order valence-electron chi connectivity index (χ1n) is 26.3. The summed E-state index contributed by atoms with van der Waals surface area (Å²) in [7, 11) is 0. The lowest BCUT2D eigenvalue weighted by Crippen LogP contribution is -2.15. The van der Waals surface area contributed by atoms with E-state index in [0.29, 0.717) is 95.3 Å². The number of hydrogen-bond donors (Lipinski definition) is 0. The maximum Gasteiger partial charge on any atom is 0.417 e. The Morgan fingerprint density at radius 1 is 0.273 bits per heavy atom. The smallest absolute Gasteiger partial charge is 0.307 e. The van der Waals surface area contributed by atoms with E-state index in [-0.39, 0.29) is 66.9 Å². The summed E-state index contributed by atoms with van der Waals surface area (Å²) in [5, 5.41) is 94.4. The highest BCUT2D eigenvalue weighted by Gasteiger charge is 2.42. The number of rotatable bonds is 7. The van der Waals surface area contributed by atoms with Gasteiger partial charge in [0.1, 0.15) is 0 Å². The number of alkyl halides is 6. The van der Waals surface area contributed by atoms with E-state index in [2.05, 4.69) is 24.3 Å². The monoisotopic (exact) mass is 1150 g/mol. The highest BCUT2D eigenvalue weighted by atomic mass is 19.4. The van der Waals surface area contributed by atoms with Crippen molar-refractivity contribution in [3.05, 3.63) is 237 Å². The molecule has 88 heavy (non-hydrogen) atoms. The SMILES string of the molecule is N#Cc1ccc(-c2ccc3c4ccc(-c5ccc(C#N)cc5C#N)cc4n(-c4cc(C#N)c(-c5c(C(F)(F)F)cccc5C(F)(F)F)cc4-n4c5cc(-c6ccc(C#N)cc6C#N)ccc5c5ccc(-c6ccc(C#N)cc6C#N)cc54)c3c2)c(C#N)c1. The van der Waals surface area contributed by atoms with Crippen molar-refractivity contribution < 1.29 is 26.3 Å². The molecule has 17 heteroatoms. The van der Waals surface area contributed by atoms with Crippen molar-refractivity contribution in [2.75, 3.05) is 0 Å². The van der Waals surface area contributed by atoms with Gasteiger partial charge in [-0.05, 0) is 142 Å². The molecular weight excluding hydrogens is 1120 g/mol. The molecule has 0 saturated carbocycles. The fourth-order valence-corrected chi connectivity index (χ4v) is 11.6. The molecule has 0 saturated heterocycles. The maximum absolute atomic E-state index is 15.5. The predicted octanol–water partition coefficient (Wildman–Crippen LogP) is 17.1. The first-order chi connectivity index (χ1) is 42.5. The molecule has 0 bridgehead atoms. The number of fused-ring (bicyclic) bond motifs is 6. The van der Waals surface area contributed by atoms with Crippen LogP contribution in [0.2, 0.25) is 0 Å².